The van der Waals surface area contributed by atoms with E-state index in [2.05, 4.69) is 14.7 Å². The summed E-state index contributed by atoms with van der Waals surface area (Å²) in [5.74, 6) is 0.658. The van der Waals surface area contributed by atoms with Gasteiger partial charge in [-0.2, -0.15) is 0 Å². The first-order valence-electron chi connectivity index (χ1n) is 5.13. The van der Waals surface area contributed by atoms with E-state index in [1.54, 1.807) is 0 Å². The first kappa shape index (κ1) is 13.5. The largest absolute Gasteiger partial charge is 0.332 e. The minimum Gasteiger partial charge on any atom is -0.332 e. The fraction of sp³-hybridized carbons (Fsp3) is 0.667. The Morgan fingerprint density at radius 1 is 1.62 bits per heavy atom. The van der Waals surface area contributed by atoms with Gasteiger partial charge in [-0.1, -0.05) is 6.92 Å². The van der Waals surface area contributed by atoms with Gasteiger partial charge in [0.1, 0.15) is 5.82 Å². The second-order valence-corrected chi connectivity index (χ2v) is 6.00. The van der Waals surface area contributed by atoms with Gasteiger partial charge in [0.2, 0.25) is 0 Å². The Kier molecular flexibility index (Phi) is 4.76. The monoisotopic (exact) mass is 265 g/mol. The van der Waals surface area contributed by atoms with E-state index in [4.69, 9.17) is 11.6 Å². The number of hydrogen-bond donors (Lipinski definition) is 2. The fourth-order valence-electron chi connectivity index (χ4n) is 1.13. The number of H-pyrrole nitrogens is 1. The number of nitrogens with zero attached hydrogens (tertiary/aromatic N) is 1. The molecule has 0 spiro atoms. The van der Waals surface area contributed by atoms with Crippen LogP contribution in [0.2, 0.25) is 0 Å². The van der Waals surface area contributed by atoms with Gasteiger partial charge in [0.15, 0.2) is 5.03 Å². The third kappa shape index (κ3) is 3.77. The average Bonchev–Trinajstić information content (AvgIpc) is 2.65. The highest BCUT2D eigenvalue weighted by Crippen LogP contribution is 2.06. The molecule has 0 aromatic carbocycles. The summed E-state index contributed by atoms with van der Waals surface area (Å²) in [6.45, 7) is 4.05. The number of aromatic nitrogens is 2. The van der Waals surface area contributed by atoms with Gasteiger partial charge in [0, 0.05) is 18.3 Å². The lowest BCUT2D eigenvalue weighted by Crippen LogP contribution is -2.26. The molecular weight excluding hydrogens is 250 g/mol. The molecule has 7 heteroatoms. The number of imidazole rings is 1. The molecule has 1 atom stereocenters. The van der Waals surface area contributed by atoms with E-state index in [0.29, 0.717) is 25.2 Å². The molecule has 0 aliphatic carbocycles. The van der Waals surface area contributed by atoms with E-state index in [0.717, 1.165) is 0 Å². The highest BCUT2D eigenvalue weighted by atomic mass is 35.5. The van der Waals surface area contributed by atoms with Gasteiger partial charge >= 0.3 is 0 Å². The first-order chi connectivity index (χ1) is 7.45. The summed E-state index contributed by atoms with van der Waals surface area (Å²) in [5, 5.41) is 0.0576. The second-order valence-electron chi connectivity index (χ2n) is 3.51. The van der Waals surface area contributed by atoms with Crippen LogP contribution in [0.25, 0.3) is 0 Å². The van der Waals surface area contributed by atoms with Crippen LogP contribution in [0.1, 0.15) is 26.1 Å². The molecule has 0 fully saturated rings. The molecular formula is C9H16ClN3O2S. The van der Waals surface area contributed by atoms with Gasteiger partial charge in [0.25, 0.3) is 10.0 Å². The standard InChI is InChI=1S/C9H16ClN3O2S/c1-3-8-11-6-9(13-8)16(14,15)12-5-4-7(2)10/h6-7,12H,3-5H2,1-2H3,(H,11,13). The van der Waals surface area contributed by atoms with Crippen LogP contribution >= 0.6 is 11.6 Å². The van der Waals surface area contributed by atoms with Crippen LogP contribution in [0.4, 0.5) is 0 Å². The van der Waals surface area contributed by atoms with E-state index in [-0.39, 0.29) is 10.4 Å². The van der Waals surface area contributed by atoms with Crippen LogP contribution in [0.3, 0.4) is 0 Å². The van der Waals surface area contributed by atoms with Gasteiger partial charge in [-0.15, -0.1) is 11.6 Å². The number of rotatable bonds is 6. The normalized spacial score (nSPS) is 13.9. The number of hydrogen-bond acceptors (Lipinski definition) is 3. The Morgan fingerprint density at radius 3 is 2.81 bits per heavy atom. The zero-order valence-electron chi connectivity index (χ0n) is 9.33. The fourth-order valence-corrected chi connectivity index (χ4v) is 2.22. The maximum absolute atomic E-state index is 11.7. The predicted molar refractivity (Wildman–Crippen MR) is 63.1 cm³/mol. The molecule has 5 nitrogen and oxygen atoms in total. The Morgan fingerprint density at radius 2 is 2.31 bits per heavy atom. The quantitative estimate of drug-likeness (QED) is 0.761. The molecule has 2 N–H and O–H groups in total. The summed E-state index contributed by atoms with van der Waals surface area (Å²) in [4.78, 5) is 6.69. The van der Waals surface area contributed by atoms with E-state index in [1.165, 1.54) is 6.20 Å². The van der Waals surface area contributed by atoms with Crippen molar-refractivity contribution >= 4 is 21.6 Å². The summed E-state index contributed by atoms with van der Waals surface area (Å²) in [7, 11) is -3.47. The number of sulfonamides is 1. The third-order valence-electron chi connectivity index (χ3n) is 2.06. The van der Waals surface area contributed by atoms with Crippen molar-refractivity contribution in [3.05, 3.63) is 12.0 Å². The summed E-state index contributed by atoms with van der Waals surface area (Å²) >= 11 is 5.72. The molecule has 1 heterocycles. The second kappa shape index (κ2) is 5.65. The molecule has 0 aliphatic heterocycles. The summed E-state index contributed by atoms with van der Waals surface area (Å²) in [5.41, 5.74) is 0. The minimum atomic E-state index is -3.47. The molecule has 0 radical (unpaired) electrons. The molecule has 0 saturated carbocycles. The molecule has 0 saturated heterocycles. The molecule has 1 aromatic heterocycles. The van der Waals surface area contributed by atoms with E-state index >= 15 is 0 Å². The van der Waals surface area contributed by atoms with Crippen molar-refractivity contribution in [3.8, 4) is 0 Å². The Labute approximate surface area is 101 Å². The topological polar surface area (TPSA) is 74.8 Å². The van der Waals surface area contributed by atoms with Crippen LogP contribution in [-0.2, 0) is 16.4 Å². The maximum atomic E-state index is 11.7. The molecule has 0 bridgehead atoms. The van der Waals surface area contributed by atoms with Crippen molar-refractivity contribution in [1.82, 2.24) is 14.7 Å². The minimum absolute atomic E-state index is 0.0457. The predicted octanol–water partition coefficient (Wildman–Crippen LogP) is 1.27. The van der Waals surface area contributed by atoms with Gasteiger partial charge in [0.05, 0.1) is 6.20 Å². The van der Waals surface area contributed by atoms with Gasteiger partial charge in [-0.3, -0.25) is 0 Å². The summed E-state index contributed by atoms with van der Waals surface area (Å²) in [6.07, 6.45) is 2.59. The highest BCUT2D eigenvalue weighted by molar-refractivity contribution is 7.89. The number of nitrogens with one attached hydrogen (secondary N) is 2. The molecule has 0 amide bonds. The molecule has 92 valence electrons. The molecule has 16 heavy (non-hydrogen) atoms. The smallest absolute Gasteiger partial charge is 0.257 e. The molecule has 0 aliphatic rings. The van der Waals surface area contributed by atoms with Crippen LogP contribution in [0, 0.1) is 0 Å². The zero-order chi connectivity index (χ0) is 12.2. The number of alkyl halides is 1. The van der Waals surface area contributed by atoms with Crippen LogP contribution in [-0.4, -0.2) is 30.3 Å². The molecule has 1 unspecified atom stereocenters. The number of halogens is 1. The Balaban J connectivity index is 2.63. The first-order valence-corrected chi connectivity index (χ1v) is 7.05. The van der Waals surface area contributed by atoms with Crippen molar-refractivity contribution in [2.75, 3.05) is 6.54 Å². The van der Waals surface area contributed by atoms with Crippen LogP contribution in [0.15, 0.2) is 11.2 Å². The van der Waals surface area contributed by atoms with Gasteiger partial charge < -0.3 is 4.98 Å². The molecule has 1 rings (SSSR count). The zero-order valence-corrected chi connectivity index (χ0v) is 10.9. The SMILES string of the molecule is CCc1ncc(S(=O)(=O)NCCC(C)Cl)[nH]1. The summed E-state index contributed by atoms with van der Waals surface area (Å²) < 4.78 is 25.9. The van der Waals surface area contributed by atoms with Crippen molar-refractivity contribution in [3.63, 3.8) is 0 Å². The highest BCUT2D eigenvalue weighted by Gasteiger charge is 2.16. The molecule has 1 aromatic rings. The van der Waals surface area contributed by atoms with Gasteiger partial charge in [-0.05, 0) is 13.3 Å². The average molecular weight is 266 g/mol. The van der Waals surface area contributed by atoms with Crippen LogP contribution < -0.4 is 4.72 Å². The Bertz CT molecular complexity index is 428. The lowest BCUT2D eigenvalue weighted by Gasteiger charge is -2.05. The summed E-state index contributed by atoms with van der Waals surface area (Å²) in [6, 6.07) is 0. The van der Waals surface area contributed by atoms with E-state index < -0.39 is 10.0 Å². The van der Waals surface area contributed by atoms with E-state index in [1.807, 2.05) is 13.8 Å². The van der Waals surface area contributed by atoms with Crippen molar-refractivity contribution in [1.29, 1.82) is 0 Å². The van der Waals surface area contributed by atoms with Gasteiger partial charge in [-0.25, -0.2) is 18.1 Å². The van der Waals surface area contributed by atoms with Crippen LogP contribution in [0.5, 0.6) is 0 Å². The van der Waals surface area contributed by atoms with Crippen molar-refractivity contribution < 1.29 is 8.42 Å². The number of aryl methyl sites for hydroxylation is 1. The number of aromatic amines is 1. The lowest BCUT2D eigenvalue weighted by atomic mass is 10.3. The van der Waals surface area contributed by atoms with Crippen molar-refractivity contribution in [2.24, 2.45) is 0 Å². The lowest BCUT2D eigenvalue weighted by molar-refractivity contribution is 0.575. The third-order valence-corrected chi connectivity index (χ3v) is 3.65. The van der Waals surface area contributed by atoms with E-state index in [9.17, 15) is 8.42 Å². The van der Waals surface area contributed by atoms with Crippen molar-refractivity contribution in [2.45, 2.75) is 37.1 Å². The Hall–Kier alpha value is -0.590. The maximum Gasteiger partial charge on any atom is 0.257 e.